The van der Waals surface area contributed by atoms with E-state index in [2.05, 4.69) is 0 Å². The number of ether oxygens (including phenoxy) is 2. The Morgan fingerprint density at radius 2 is 1.85 bits per heavy atom. The molecule has 0 unspecified atom stereocenters. The molecule has 1 aliphatic rings. The zero-order valence-electron chi connectivity index (χ0n) is 14.7. The Labute approximate surface area is 149 Å². The first-order valence-electron chi connectivity index (χ1n) is 8.37. The van der Waals surface area contributed by atoms with Crippen molar-refractivity contribution >= 4 is 23.0 Å². The van der Waals surface area contributed by atoms with Crippen LogP contribution in [0, 0.1) is 0 Å². The van der Waals surface area contributed by atoms with Gasteiger partial charge in [-0.3, -0.25) is 4.79 Å². The lowest BCUT2D eigenvalue weighted by atomic mass is 10.1. The van der Waals surface area contributed by atoms with Gasteiger partial charge in [-0.1, -0.05) is 12.1 Å². The van der Waals surface area contributed by atoms with Crippen LogP contribution >= 0.6 is 0 Å². The third kappa shape index (κ3) is 3.35. The van der Waals surface area contributed by atoms with Crippen molar-refractivity contribution in [3.8, 4) is 5.75 Å². The molecule has 2 heterocycles. The third-order valence-electron chi connectivity index (χ3n) is 4.27. The number of carbonyl (C=O) groups excluding carboxylic acids is 2. The SMILES string of the molecule is CCOC(=O)N1CCN(C(=O)c2cc3cccc(OC)c3oc2=O)CC1. The molecule has 138 valence electrons. The fraction of sp³-hybridized carbons (Fsp3) is 0.389. The van der Waals surface area contributed by atoms with Crippen molar-refractivity contribution in [2.45, 2.75) is 6.92 Å². The minimum absolute atomic E-state index is 0.0321. The summed E-state index contributed by atoms with van der Waals surface area (Å²) in [4.78, 5) is 39.8. The van der Waals surface area contributed by atoms with Crippen LogP contribution in [0.5, 0.6) is 5.75 Å². The van der Waals surface area contributed by atoms with Gasteiger partial charge < -0.3 is 23.7 Å². The zero-order valence-corrected chi connectivity index (χ0v) is 14.7. The van der Waals surface area contributed by atoms with Crippen LogP contribution in [-0.4, -0.2) is 61.7 Å². The van der Waals surface area contributed by atoms with Crippen LogP contribution in [0.4, 0.5) is 4.79 Å². The number of rotatable bonds is 3. The highest BCUT2D eigenvalue weighted by molar-refractivity contribution is 5.97. The first-order chi connectivity index (χ1) is 12.5. The minimum atomic E-state index is -0.708. The van der Waals surface area contributed by atoms with Crippen molar-refractivity contribution < 1.29 is 23.5 Å². The average molecular weight is 360 g/mol. The number of hydrogen-bond donors (Lipinski definition) is 0. The van der Waals surface area contributed by atoms with E-state index in [0.717, 1.165) is 0 Å². The number of nitrogens with zero attached hydrogens (tertiary/aromatic N) is 2. The van der Waals surface area contributed by atoms with Gasteiger partial charge in [-0.25, -0.2) is 9.59 Å². The van der Waals surface area contributed by atoms with E-state index < -0.39 is 17.6 Å². The van der Waals surface area contributed by atoms with Crippen LogP contribution < -0.4 is 10.4 Å². The molecule has 2 amide bonds. The molecule has 8 nitrogen and oxygen atoms in total. The lowest BCUT2D eigenvalue weighted by Gasteiger charge is -2.33. The fourth-order valence-corrected chi connectivity index (χ4v) is 2.90. The van der Waals surface area contributed by atoms with Gasteiger partial charge in [0.2, 0.25) is 0 Å². The van der Waals surface area contributed by atoms with Crippen LogP contribution in [0.25, 0.3) is 11.0 Å². The predicted molar refractivity (Wildman–Crippen MR) is 93.5 cm³/mol. The summed E-state index contributed by atoms with van der Waals surface area (Å²) in [5, 5.41) is 0.609. The van der Waals surface area contributed by atoms with Gasteiger partial charge in [-0.15, -0.1) is 0 Å². The summed E-state index contributed by atoms with van der Waals surface area (Å²) in [6.45, 7) is 3.42. The third-order valence-corrected chi connectivity index (χ3v) is 4.27. The largest absolute Gasteiger partial charge is 0.493 e. The summed E-state index contributed by atoms with van der Waals surface area (Å²) >= 11 is 0. The van der Waals surface area contributed by atoms with Crippen LogP contribution in [0.15, 0.2) is 33.5 Å². The van der Waals surface area contributed by atoms with Crippen LogP contribution in [0.2, 0.25) is 0 Å². The van der Waals surface area contributed by atoms with Crippen molar-refractivity contribution in [2.24, 2.45) is 0 Å². The molecule has 26 heavy (non-hydrogen) atoms. The molecule has 1 aliphatic heterocycles. The van der Waals surface area contributed by atoms with Gasteiger partial charge in [0.05, 0.1) is 13.7 Å². The second kappa shape index (κ2) is 7.47. The van der Waals surface area contributed by atoms with Crippen molar-refractivity contribution in [3.05, 3.63) is 40.2 Å². The summed E-state index contributed by atoms with van der Waals surface area (Å²) in [5.41, 5.74) is -0.432. The lowest BCUT2D eigenvalue weighted by molar-refractivity contribution is 0.0567. The highest BCUT2D eigenvalue weighted by Crippen LogP contribution is 2.24. The zero-order chi connectivity index (χ0) is 18.7. The summed E-state index contributed by atoms with van der Waals surface area (Å²) in [6, 6.07) is 6.70. The summed E-state index contributed by atoms with van der Waals surface area (Å²) in [5.74, 6) is 0.0219. The van der Waals surface area contributed by atoms with Crippen LogP contribution in [0.3, 0.4) is 0 Å². The van der Waals surface area contributed by atoms with Gasteiger partial charge >= 0.3 is 11.7 Å². The first-order valence-corrected chi connectivity index (χ1v) is 8.37. The Morgan fingerprint density at radius 1 is 1.15 bits per heavy atom. The summed E-state index contributed by atoms with van der Waals surface area (Å²) in [7, 11) is 1.48. The molecular weight excluding hydrogens is 340 g/mol. The Kier molecular flexibility index (Phi) is 5.11. The van der Waals surface area contributed by atoms with Gasteiger partial charge in [-0.05, 0) is 19.1 Å². The molecule has 0 N–H and O–H groups in total. The Bertz CT molecular complexity index is 883. The van der Waals surface area contributed by atoms with E-state index in [4.69, 9.17) is 13.9 Å². The predicted octanol–water partition coefficient (Wildman–Crippen LogP) is 1.72. The van der Waals surface area contributed by atoms with E-state index in [0.29, 0.717) is 49.5 Å². The van der Waals surface area contributed by atoms with Crippen LogP contribution in [0.1, 0.15) is 17.3 Å². The summed E-state index contributed by atoms with van der Waals surface area (Å²) in [6.07, 6.45) is -0.392. The van der Waals surface area contributed by atoms with E-state index in [1.807, 2.05) is 0 Å². The second-order valence-electron chi connectivity index (χ2n) is 5.80. The van der Waals surface area contributed by atoms with Gasteiger partial charge in [0.1, 0.15) is 5.56 Å². The van der Waals surface area contributed by atoms with E-state index in [1.54, 1.807) is 30.0 Å². The van der Waals surface area contributed by atoms with Crippen molar-refractivity contribution in [3.63, 3.8) is 0 Å². The maximum absolute atomic E-state index is 12.7. The number of fused-ring (bicyclic) bond motifs is 1. The number of amides is 2. The molecule has 2 aromatic rings. The standard InChI is InChI=1S/C18H20N2O6/c1-3-25-18(23)20-9-7-19(8-10-20)16(21)13-11-12-5-4-6-14(24-2)15(12)26-17(13)22/h4-6,11H,3,7-10H2,1-2H3. The molecule has 0 atom stereocenters. The van der Waals surface area contributed by atoms with E-state index >= 15 is 0 Å². The smallest absolute Gasteiger partial charge is 0.409 e. The maximum Gasteiger partial charge on any atom is 0.409 e. The molecule has 0 radical (unpaired) electrons. The molecule has 8 heteroatoms. The number of piperazine rings is 1. The van der Waals surface area contributed by atoms with Gasteiger partial charge in [0.25, 0.3) is 5.91 Å². The second-order valence-corrected chi connectivity index (χ2v) is 5.80. The number of methoxy groups -OCH3 is 1. The number of carbonyl (C=O) groups is 2. The summed E-state index contributed by atoms with van der Waals surface area (Å²) < 4.78 is 15.4. The molecule has 0 aliphatic carbocycles. The number of hydrogen-bond acceptors (Lipinski definition) is 6. The monoisotopic (exact) mass is 360 g/mol. The highest BCUT2D eigenvalue weighted by atomic mass is 16.6. The highest BCUT2D eigenvalue weighted by Gasteiger charge is 2.27. The average Bonchev–Trinajstić information content (AvgIpc) is 2.66. The molecular formula is C18H20N2O6. The van der Waals surface area contributed by atoms with Crippen molar-refractivity contribution in [2.75, 3.05) is 39.9 Å². The molecule has 0 spiro atoms. The molecule has 3 rings (SSSR count). The maximum atomic E-state index is 12.7. The van der Waals surface area contributed by atoms with E-state index in [1.165, 1.54) is 18.1 Å². The van der Waals surface area contributed by atoms with Gasteiger partial charge in [-0.2, -0.15) is 0 Å². The van der Waals surface area contributed by atoms with E-state index in [-0.39, 0.29) is 5.56 Å². The molecule has 0 saturated carbocycles. The fourth-order valence-electron chi connectivity index (χ4n) is 2.90. The van der Waals surface area contributed by atoms with Crippen molar-refractivity contribution in [1.29, 1.82) is 0 Å². The Balaban J connectivity index is 1.80. The Morgan fingerprint density at radius 3 is 2.50 bits per heavy atom. The van der Waals surface area contributed by atoms with Gasteiger partial charge in [0, 0.05) is 31.6 Å². The van der Waals surface area contributed by atoms with Crippen molar-refractivity contribution in [1.82, 2.24) is 9.80 Å². The molecule has 1 saturated heterocycles. The molecule has 1 aromatic carbocycles. The quantitative estimate of drug-likeness (QED) is 0.774. The topological polar surface area (TPSA) is 89.3 Å². The molecule has 0 bridgehead atoms. The van der Waals surface area contributed by atoms with E-state index in [9.17, 15) is 14.4 Å². The first kappa shape index (κ1) is 17.8. The minimum Gasteiger partial charge on any atom is -0.493 e. The van der Waals surface area contributed by atoms with Gasteiger partial charge in [0.15, 0.2) is 11.3 Å². The number of para-hydroxylation sites is 1. The normalized spacial score (nSPS) is 14.4. The van der Waals surface area contributed by atoms with Crippen LogP contribution in [-0.2, 0) is 4.74 Å². The molecule has 1 fully saturated rings. The molecule has 1 aromatic heterocycles. The number of benzene rings is 1. The lowest BCUT2D eigenvalue weighted by Crippen LogP contribution is -2.51. The Hall–Kier alpha value is -3.03.